The van der Waals surface area contributed by atoms with Crippen molar-refractivity contribution in [2.45, 2.75) is 13.3 Å². The number of nitro groups is 1. The third-order valence-electron chi connectivity index (χ3n) is 2.29. The Balaban J connectivity index is 3.59. The molecule has 0 spiro atoms. The number of rotatable bonds is 3. The number of hydrogen-bond donors (Lipinski definition) is 0. The molecule has 0 saturated heterocycles. The van der Waals surface area contributed by atoms with E-state index in [-0.39, 0.29) is 16.8 Å². The molecule has 17 heavy (non-hydrogen) atoms. The number of aryl methyl sites for hydroxylation is 1. The van der Waals surface area contributed by atoms with Crippen LogP contribution < -0.4 is 0 Å². The number of carbonyl (C=O) groups excluding carboxylic acids is 1. The van der Waals surface area contributed by atoms with Crippen LogP contribution in [0.5, 0.6) is 0 Å². The van der Waals surface area contributed by atoms with Gasteiger partial charge in [0.2, 0.25) is 0 Å². The second kappa shape index (κ2) is 5.07. The monoisotopic (exact) mass is 234 g/mol. The summed E-state index contributed by atoms with van der Waals surface area (Å²) >= 11 is 0. The van der Waals surface area contributed by atoms with Gasteiger partial charge in [0.15, 0.2) is 0 Å². The van der Waals surface area contributed by atoms with Crippen molar-refractivity contribution >= 4 is 11.7 Å². The highest BCUT2D eigenvalue weighted by atomic mass is 16.6. The number of methoxy groups -OCH3 is 1. The lowest BCUT2D eigenvalue weighted by Gasteiger charge is -2.05. The Morgan fingerprint density at radius 2 is 2.24 bits per heavy atom. The van der Waals surface area contributed by atoms with Gasteiger partial charge < -0.3 is 4.74 Å². The molecular formula is C11H10N2O4. The van der Waals surface area contributed by atoms with E-state index in [2.05, 4.69) is 4.74 Å². The first-order chi connectivity index (χ1) is 8.04. The summed E-state index contributed by atoms with van der Waals surface area (Å²) in [4.78, 5) is 21.7. The summed E-state index contributed by atoms with van der Waals surface area (Å²) < 4.78 is 4.47. The zero-order valence-corrected chi connectivity index (χ0v) is 9.39. The molecule has 0 amide bonds. The summed E-state index contributed by atoms with van der Waals surface area (Å²) in [5, 5.41) is 19.7. The summed E-state index contributed by atoms with van der Waals surface area (Å²) in [6, 6.07) is 4.43. The lowest BCUT2D eigenvalue weighted by atomic mass is 10.0. The van der Waals surface area contributed by atoms with Gasteiger partial charge in [-0.2, -0.15) is 5.26 Å². The van der Waals surface area contributed by atoms with E-state index in [1.165, 1.54) is 12.1 Å². The van der Waals surface area contributed by atoms with E-state index in [0.717, 1.165) is 7.11 Å². The molecule has 0 saturated carbocycles. The van der Waals surface area contributed by atoms with E-state index in [4.69, 9.17) is 5.26 Å². The van der Waals surface area contributed by atoms with Gasteiger partial charge in [-0.3, -0.25) is 10.1 Å². The molecule has 88 valence electrons. The summed E-state index contributed by atoms with van der Waals surface area (Å²) in [5.74, 6) is -0.816. The van der Waals surface area contributed by atoms with Crippen LogP contribution in [0.25, 0.3) is 0 Å². The smallest absolute Gasteiger partial charge is 0.344 e. The van der Waals surface area contributed by atoms with Gasteiger partial charge in [0.1, 0.15) is 5.56 Å². The highest BCUT2D eigenvalue weighted by Crippen LogP contribution is 2.26. The highest BCUT2D eigenvalue weighted by molar-refractivity contribution is 5.95. The molecule has 0 atom stereocenters. The van der Waals surface area contributed by atoms with Crippen LogP contribution in [0.2, 0.25) is 0 Å². The molecule has 0 aromatic heterocycles. The Morgan fingerprint density at radius 3 is 2.65 bits per heavy atom. The van der Waals surface area contributed by atoms with Crippen LogP contribution in [-0.2, 0) is 11.2 Å². The van der Waals surface area contributed by atoms with Crippen molar-refractivity contribution in [3.63, 3.8) is 0 Å². The number of benzene rings is 1. The molecule has 0 N–H and O–H groups in total. The Labute approximate surface area is 97.6 Å². The van der Waals surface area contributed by atoms with Crippen molar-refractivity contribution < 1.29 is 14.5 Å². The molecule has 0 fully saturated rings. The van der Waals surface area contributed by atoms with Gasteiger partial charge in [-0.15, -0.1) is 0 Å². The first-order valence-corrected chi connectivity index (χ1v) is 4.84. The van der Waals surface area contributed by atoms with Gasteiger partial charge in [0.25, 0.3) is 5.69 Å². The van der Waals surface area contributed by atoms with Gasteiger partial charge in [-0.05, 0) is 18.6 Å². The topological polar surface area (TPSA) is 93.2 Å². The average Bonchev–Trinajstić information content (AvgIpc) is 2.35. The van der Waals surface area contributed by atoms with E-state index in [1.807, 2.05) is 6.07 Å². The van der Waals surface area contributed by atoms with Crippen molar-refractivity contribution in [2.24, 2.45) is 0 Å². The molecule has 1 aromatic carbocycles. The van der Waals surface area contributed by atoms with E-state index in [9.17, 15) is 14.9 Å². The second-order valence-corrected chi connectivity index (χ2v) is 3.25. The summed E-state index contributed by atoms with van der Waals surface area (Å²) in [5.41, 5.74) is 0.0639. The predicted octanol–water partition coefficient (Wildman–Crippen LogP) is 1.82. The van der Waals surface area contributed by atoms with Crippen LogP contribution in [0.3, 0.4) is 0 Å². The Hall–Kier alpha value is -2.42. The van der Waals surface area contributed by atoms with Crippen LogP contribution in [0.15, 0.2) is 12.1 Å². The van der Waals surface area contributed by atoms with Crippen LogP contribution in [0.4, 0.5) is 5.69 Å². The number of nitrogens with zero attached hydrogens (tertiary/aromatic N) is 2. The van der Waals surface area contributed by atoms with Gasteiger partial charge in [0, 0.05) is 5.56 Å². The first kappa shape index (κ1) is 12.6. The summed E-state index contributed by atoms with van der Waals surface area (Å²) in [6.07, 6.45) is 0.357. The summed E-state index contributed by atoms with van der Waals surface area (Å²) in [6.45, 7) is 1.71. The number of carbonyl (C=O) groups is 1. The minimum atomic E-state index is -0.816. The fraction of sp³-hybridized carbons (Fsp3) is 0.273. The average molecular weight is 234 g/mol. The predicted molar refractivity (Wildman–Crippen MR) is 58.5 cm³/mol. The van der Waals surface area contributed by atoms with Crippen molar-refractivity contribution in [1.29, 1.82) is 5.26 Å². The van der Waals surface area contributed by atoms with Crippen LogP contribution in [-0.4, -0.2) is 18.0 Å². The van der Waals surface area contributed by atoms with Crippen molar-refractivity contribution in [3.05, 3.63) is 38.9 Å². The van der Waals surface area contributed by atoms with Gasteiger partial charge in [-0.25, -0.2) is 4.79 Å². The van der Waals surface area contributed by atoms with E-state index < -0.39 is 10.9 Å². The van der Waals surface area contributed by atoms with E-state index >= 15 is 0 Å². The highest BCUT2D eigenvalue weighted by Gasteiger charge is 2.25. The molecule has 6 heteroatoms. The standard InChI is InChI=1S/C11H10N2O4/c1-3-8-4-7(6-12)5-9(11(14)17-2)10(8)13(15)16/h4-5H,3H2,1-2H3. The molecule has 0 heterocycles. The minimum Gasteiger partial charge on any atom is -0.465 e. The molecule has 0 unspecified atom stereocenters. The molecule has 0 radical (unpaired) electrons. The number of nitriles is 1. The lowest BCUT2D eigenvalue weighted by molar-refractivity contribution is -0.385. The molecule has 0 bridgehead atoms. The first-order valence-electron chi connectivity index (χ1n) is 4.84. The number of ether oxygens (including phenoxy) is 1. The van der Waals surface area contributed by atoms with Gasteiger partial charge in [0.05, 0.1) is 23.7 Å². The maximum atomic E-state index is 11.4. The van der Waals surface area contributed by atoms with E-state index in [1.54, 1.807) is 6.92 Å². The number of esters is 1. The maximum absolute atomic E-state index is 11.4. The molecule has 0 aliphatic rings. The normalized spacial score (nSPS) is 9.47. The Kier molecular flexibility index (Phi) is 3.78. The minimum absolute atomic E-state index is 0.187. The van der Waals surface area contributed by atoms with Crippen molar-refractivity contribution in [3.8, 4) is 6.07 Å². The maximum Gasteiger partial charge on any atom is 0.344 e. The largest absolute Gasteiger partial charge is 0.465 e. The SMILES string of the molecule is CCc1cc(C#N)cc(C(=O)OC)c1[N+](=O)[O-]. The second-order valence-electron chi connectivity index (χ2n) is 3.25. The molecule has 1 rings (SSSR count). The van der Waals surface area contributed by atoms with Crippen molar-refractivity contribution in [2.75, 3.05) is 7.11 Å². The zero-order valence-electron chi connectivity index (χ0n) is 9.39. The van der Waals surface area contributed by atoms with Crippen LogP contribution >= 0.6 is 0 Å². The molecule has 0 aliphatic heterocycles. The van der Waals surface area contributed by atoms with Crippen LogP contribution in [0.1, 0.15) is 28.4 Å². The molecule has 1 aromatic rings. The quantitative estimate of drug-likeness (QED) is 0.451. The Morgan fingerprint density at radius 1 is 1.59 bits per heavy atom. The third kappa shape index (κ3) is 2.39. The summed E-state index contributed by atoms with van der Waals surface area (Å²) in [7, 11) is 1.14. The fourth-order valence-corrected chi connectivity index (χ4v) is 1.51. The number of hydrogen-bond acceptors (Lipinski definition) is 5. The zero-order chi connectivity index (χ0) is 13.0. The van der Waals surface area contributed by atoms with Gasteiger partial charge in [-0.1, -0.05) is 6.92 Å². The van der Waals surface area contributed by atoms with Gasteiger partial charge >= 0.3 is 5.97 Å². The Bertz CT molecular complexity index is 517. The fourth-order valence-electron chi connectivity index (χ4n) is 1.51. The third-order valence-corrected chi connectivity index (χ3v) is 2.29. The lowest BCUT2D eigenvalue weighted by Crippen LogP contribution is -2.08. The number of nitro benzene ring substituents is 1. The van der Waals surface area contributed by atoms with Crippen molar-refractivity contribution in [1.82, 2.24) is 0 Å². The molecule has 6 nitrogen and oxygen atoms in total. The molecule has 0 aliphatic carbocycles. The van der Waals surface area contributed by atoms with Crippen LogP contribution in [0, 0.1) is 21.4 Å². The molecular weight excluding hydrogens is 224 g/mol. The van der Waals surface area contributed by atoms with E-state index in [0.29, 0.717) is 12.0 Å².